The standard InChI is InChI=1S/C19H28N2O3/c22-19(16-8-9-17-18(14-16)24-15-23-17)20-10-4-3-7-13-21-11-5-1-2-6-12-21/h8-9,14H,1-7,10-13,15H2,(H,20,22). The zero-order chi connectivity index (χ0) is 16.6. The topological polar surface area (TPSA) is 50.8 Å². The van der Waals surface area contributed by atoms with Crippen LogP contribution in [0.15, 0.2) is 18.2 Å². The van der Waals surface area contributed by atoms with E-state index in [1.165, 1.54) is 51.7 Å². The number of unbranched alkanes of at least 4 members (excludes halogenated alkanes) is 2. The Kier molecular flexibility index (Phi) is 6.35. The summed E-state index contributed by atoms with van der Waals surface area (Å²) in [6, 6.07) is 5.32. The number of fused-ring (bicyclic) bond motifs is 1. The molecule has 0 spiro atoms. The van der Waals surface area contributed by atoms with Crippen molar-refractivity contribution < 1.29 is 14.3 Å². The van der Waals surface area contributed by atoms with Gasteiger partial charge in [0.2, 0.25) is 6.79 Å². The van der Waals surface area contributed by atoms with Crippen LogP contribution in [0.5, 0.6) is 11.5 Å². The lowest BCUT2D eigenvalue weighted by Crippen LogP contribution is -2.26. The fourth-order valence-corrected chi connectivity index (χ4v) is 3.34. The van der Waals surface area contributed by atoms with E-state index in [1.807, 2.05) is 0 Å². The third-order valence-corrected chi connectivity index (χ3v) is 4.77. The van der Waals surface area contributed by atoms with Gasteiger partial charge in [-0.1, -0.05) is 19.3 Å². The van der Waals surface area contributed by atoms with E-state index >= 15 is 0 Å². The second-order valence-electron chi connectivity index (χ2n) is 6.64. The maximum Gasteiger partial charge on any atom is 0.251 e. The molecule has 2 heterocycles. The molecule has 0 radical (unpaired) electrons. The van der Waals surface area contributed by atoms with Crippen molar-refractivity contribution in [2.24, 2.45) is 0 Å². The Labute approximate surface area is 144 Å². The summed E-state index contributed by atoms with van der Waals surface area (Å²) in [7, 11) is 0. The van der Waals surface area contributed by atoms with Crippen LogP contribution in [0.3, 0.4) is 0 Å². The van der Waals surface area contributed by atoms with Crippen molar-refractivity contribution in [3.8, 4) is 11.5 Å². The molecule has 0 atom stereocenters. The van der Waals surface area contributed by atoms with E-state index in [2.05, 4.69) is 10.2 Å². The molecule has 1 saturated heterocycles. The summed E-state index contributed by atoms with van der Waals surface area (Å²) < 4.78 is 10.6. The van der Waals surface area contributed by atoms with Crippen LogP contribution in [0.1, 0.15) is 55.3 Å². The Hall–Kier alpha value is -1.75. The largest absolute Gasteiger partial charge is 0.454 e. The summed E-state index contributed by atoms with van der Waals surface area (Å²) in [5.41, 5.74) is 0.629. The van der Waals surface area contributed by atoms with E-state index in [-0.39, 0.29) is 12.7 Å². The van der Waals surface area contributed by atoms with Crippen molar-refractivity contribution in [3.05, 3.63) is 23.8 Å². The fraction of sp³-hybridized carbons (Fsp3) is 0.632. The van der Waals surface area contributed by atoms with Gasteiger partial charge in [0.1, 0.15) is 0 Å². The molecular weight excluding hydrogens is 304 g/mol. The van der Waals surface area contributed by atoms with Crippen LogP contribution in [0.4, 0.5) is 0 Å². The molecule has 0 unspecified atom stereocenters. The highest BCUT2D eigenvalue weighted by atomic mass is 16.7. The summed E-state index contributed by atoms with van der Waals surface area (Å²) in [5.74, 6) is 1.32. The summed E-state index contributed by atoms with van der Waals surface area (Å²) in [6.45, 7) is 4.70. The molecule has 0 bridgehead atoms. The van der Waals surface area contributed by atoms with Crippen LogP contribution < -0.4 is 14.8 Å². The molecule has 0 aliphatic carbocycles. The molecule has 24 heavy (non-hydrogen) atoms. The SMILES string of the molecule is O=C(NCCCCCN1CCCCCC1)c1ccc2c(c1)OCO2. The van der Waals surface area contributed by atoms with E-state index in [4.69, 9.17) is 9.47 Å². The highest BCUT2D eigenvalue weighted by molar-refractivity contribution is 5.94. The second-order valence-corrected chi connectivity index (χ2v) is 6.64. The molecule has 2 aliphatic rings. The van der Waals surface area contributed by atoms with Crippen LogP contribution in [0.25, 0.3) is 0 Å². The molecule has 2 aliphatic heterocycles. The minimum absolute atomic E-state index is 0.0409. The lowest BCUT2D eigenvalue weighted by molar-refractivity contribution is 0.0952. The Morgan fingerprint density at radius 3 is 2.62 bits per heavy atom. The van der Waals surface area contributed by atoms with Gasteiger partial charge < -0.3 is 19.7 Å². The second kappa shape index (κ2) is 8.92. The molecule has 1 amide bonds. The smallest absolute Gasteiger partial charge is 0.251 e. The van der Waals surface area contributed by atoms with Crippen LogP contribution in [-0.4, -0.2) is 43.8 Å². The van der Waals surface area contributed by atoms with Crippen molar-refractivity contribution in [3.63, 3.8) is 0 Å². The zero-order valence-corrected chi connectivity index (χ0v) is 14.4. The Balaban J connectivity index is 1.29. The summed E-state index contributed by atoms with van der Waals surface area (Å²) in [6.07, 6.45) is 8.91. The maximum atomic E-state index is 12.1. The lowest BCUT2D eigenvalue weighted by atomic mass is 10.2. The molecule has 0 saturated carbocycles. The monoisotopic (exact) mass is 332 g/mol. The van der Waals surface area contributed by atoms with Gasteiger partial charge in [-0.2, -0.15) is 0 Å². The molecule has 5 nitrogen and oxygen atoms in total. The predicted molar refractivity (Wildman–Crippen MR) is 93.7 cm³/mol. The van der Waals surface area contributed by atoms with Crippen LogP contribution in [-0.2, 0) is 0 Å². The number of hydrogen-bond donors (Lipinski definition) is 1. The van der Waals surface area contributed by atoms with E-state index < -0.39 is 0 Å². The van der Waals surface area contributed by atoms with Gasteiger partial charge in [-0.25, -0.2) is 0 Å². The fourth-order valence-electron chi connectivity index (χ4n) is 3.34. The van der Waals surface area contributed by atoms with Crippen molar-refractivity contribution in [2.75, 3.05) is 33.0 Å². The number of carbonyl (C=O) groups is 1. The van der Waals surface area contributed by atoms with E-state index in [0.29, 0.717) is 17.1 Å². The van der Waals surface area contributed by atoms with E-state index in [0.717, 1.165) is 19.4 Å². The molecule has 1 aromatic rings. The first-order valence-electron chi connectivity index (χ1n) is 9.23. The van der Waals surface area contributed by atoms with Crippen LogP contribution in [0, 0.1) is 0 Å². The van der Waals surface area contributed by atoms with Crippen molar-refractivity contribution in [1.29, 1.82) is 0 Å². The van der Waals surface area contributed by atoms with Crippen molar-refractivity contribution in [1.82, 2.24) is 10.2 Å². The summed E-state index contributed by atoms with van der Waals surface area (Å²) >= 11 is 0. The molecule has 5 heteroatoms. The number of nitrogens with one attached hydrogen (secondary N) is 1. The Morgan fingerprint density at radius 1 is 1.00 bits per heavy atom. The molecule has 3 rings (SSSR count). The van der Waals surface area contributed by atoms with Gasteiger partial charge in [-0.05, 0) is 63.5 Å². The van der Waals surface area contributed by atoms with Gasteiger partial charge in [0.25, 0.3) is 5.91 Å². The van der Waals surface area contributed by atoms with E-state index in [9.17, 15) is 4.79 Å². The molecule has 1 fully saturated rings. The van der Waals surface area contributed by atoms with Crippen molar-refractivity contribution >= 4 is 5.91 Å². The molecule has 0 aromatic heterocycles. The average molecular weight is 332 g/mol. The van der Waals surface area contributed by atoms with Gasteiger partial charge in [-0.3, -0.25) is 4.79 Å². The molecule has 132 valence electrons. The van der Waals surface area contributed by atoms with Gasteiger partial charge in [0.05, 0.1) is 0 Å². The van der Waals surface area contributed by atoms with E-state index in [1.54, 1.807) is 18.2 Å². The maximum absolute atomic E-state index is 12.1. The Morgan fingerprint density at radius 2 is 1.79 bits per heavy atom. The highest BCUT2D eigenvalue weighted by Gasteiger charge is 2.15. The number of ether oxygens (including phenoxy) is 2. The first kappa shape index (κ1) is 17.1. The lowest BCUT2D eigenvalue weighted by Gasteiger charge is -2.19. The van der Waals surface area contributed by atoms with Crippen LogP contribution in [0.2, 0.25) is 0 Å². The average Bonchev–Trinajstić information content (AvgIpc) is 2.92. The highest BCUT2D eigenvalue weighted by Crippen LogP contribution is 2.32. The minimum Gasteiger partial charge on any atom is -0.454 e. The number of hydrogen-bond acceptors (Lipinski definition) is 4. The summed E-state index contributed by atoms with van der Waals surface area (Å²) in [4.78, 5) is 14.7. The number of rotatable bonds is 7. The summed E-state index contributed by atoms with van der Waals surface area (Å²) in [5, 5.41) is 2.99. The number of amides is 1. The van der Waals surface area contributed by atoms with Gasteiger partial charge >= 0.3 is 0 Å². The number of likely N-dealkylation sites (tertiary alicyclic amines) is 1. The van der Waals surface area contributed by atoms with Gasteiger partial charge in [-0.15, -0.1) is 0 Å². The third kappa shape index (κ3) is 4.87. The first-order chi connectivity index (χ1) is 11.8. The van der Waals surface area contributed by atoms with Gasteiger partial charge in [0.15, 0.2) is 11.5 Å². The number of benzene rings is 1. The quantitative estimate of drug-likeness (QED) is 0.779. The van der Waals surface area contributed by atoms with Gasteiger partial charge in [0, 0.05) is 12.1 Å². The normalized spacial score (nSPS) is 17.5. The number of carbonyl (C=O) groups excluding carboxylic acids is 1. The molecular formula is C19H28N2O3. The van der Waals surface area contributed by atoms with Crippen LogP contribution >= 0.6 is 0 Å². The number of nitrogens with zero attached hydrogens (tertiary/aromatic N) is 1. The zero-order valence-electron chi connectivity index (χ0n) is 14.4. The van der Waals surface area contributed by atoms with Crippen molar-refractivity contribution in [2.45, 2.75) is 44.9 Å². The minimum atomic E-state index is -0.0409. The first-order valence-corrected chi connectivity index (χ1v) is 9.23. The predicted octanol–water partition coefficient (Wildman–Crippen LogP) is 3.19. The molecule has 1 N–H and O–H groups in total. The third-order valence-electron chi connectivity index (χ3n) is 4.77. The Bertz CT molecular complexity index is 539. The molecule has 1 aromatic carbocycles.